The molecule has 0 spiro atoms. The fourth-order valence-corrected chi connectivity index (χ4v) is 5.32. The summed E-state index contributed by atoms with van der Waals surface area (Å²) in [5, 5.41) is 92.6. The van der Waals surface area contributed by atoms with E-state index in [-0.39, 0.29) is 33.8 Å². The maximum Gasteiger partial charge on any atom is 0.197 e. The summed E-state index contributed by atoms with van der Waals surface area (Å²) in [5.41, 5.74) is -0.591. The molecule has 2 fully saturated rings. The number of rotatable bonds is 7. The van der Waals surface area contributed by atoms with Gasteiger partial charge in [0, 0.05) is 17.7 Å². The minimum Gasteiger partial charge on any atom is -0.508 e. The molecule has 0 aliphatic carbocycles. The molecule has 234 valence electrons. The van der Waals surface area contributed by atoms with Gasteiger partial charge in [-0.05, 0) is 24.3 Å². The van der Waals surface area contributed by atoms with Crippen molar-refractivity contribution < 1.29 is 69.3 Å². The van der Waals surface area contributed by atoms with Crippen LogP contribution in [0.3, 0.4) is 0 Å². The number of aliphatic hydroxyl groups is 7. The Kier molecular flexibility index (Phi) is 8.92. The minimum atomic E-state index is -1.89. The highest BCUT2D eigenvalue weighted by Crippen LogP contribution is 2.46. The smallest absolute Gasteiger partial charge is 0.197 e. The zero-order valence-corrected chi connectivity index (χ0v) is 22.6. The normalized spacial score (nSPS) is 33.0. The predicted octanol–water partition coefficient (Wildman–Crippen LogP) is -1.78. The Morgan fingerprint density at radius 1 is 0.814 bits per heavy atom. The van der Waals surface area contributed by atoms with Crippen molar-refractivity contribution in [1.82, 2.24) is 0 Å². The fraction of sp³-hybridized carbons (Fsp3) is 0.464. The summed E-state index contributed by atoms with van der Waals surface area (Å²) >= 11 is 0. The quantitative estimate of drug-likeness (QED) is 0.144. The van der Waals surface area contributed by atoms with Gasteiger partial charge in [0.1, 0.15) is 88.9 Å². The standard InChI is InChI=1S/C28H32O15/c1-39-14-7-15-18(12(32)6-13(40-15)10-2-4-11(31)5-3-10)22(35)19(14)26-27(24(37)21(34)16(8-29)41-26)43-28-25(38)23(36)20(33)17(9-30)42-28/h2-7,16-17,20-21,23-31,33-38H,8-9H2,1H3/t16-,17-,20-,21-,23+,24+,25-,26+,27-,28?/m1/s1. The highest BCUT2D eigenvalue weighted by Gasteiger charge is 2.52. The van der Waals surface area contributed by atoms with E-state index in [2.05, 4.69) is 0 Å². The van der Waals surface area contributed by atoms with Crippen LogP contribution in [0.25, 0.3) is 22.3 Å². The molecule has 3 aromatic rings. The Morgan fingerprint density at radius 3 is 2.07 bits per heavy atom. The molecule has 15 nitrogen and oxygen atoms in total. The average molecular weight is 609 g/mol. The van der Waals surface area contributed by atoms with Crippen LogP contribution in [0, 0.1) is 0 Å². The number of ether oxygens (including phenoxy) is 4. The Morgan fingerprint density at radius 2 is 1.44 bits per heavy atom. The van der Waals surface area contributed by atoms with Gasteiger partial charge in [-0.15, -0.1) is 0 Å². The van der Waals surface area contributed by atoms with Crippen LogP contribution in [-0.4, -0.2) is 121 Å². The largest absolute Gasteiger partial charge is 0.508 e. The molecule has 43 heavy (non-hydrogen) atoms. The van der Waals surface area contributed by atoms with E-state index < -0.39 is 85.6 Å². The zero-order chi connectivity index (χ0) is 31.2. The Hall–Kier alpha value is -3.35. The molecule has 2 aromatic carbocycles. The summed E-state index contributed by atoms with van der Waals surface area (Å²) in [4.78, 5) is 13.3. The molecule has 0 bridgehead atoms. The van der Waals surface area contributed by atoms with Gasteiger partial charge < -0.3 is 69.3 Å². The van der Waals surface area contributed by atoms with E-state index in [0.29, 0.717) is 5.56 Å². The van der Waals surface area contributed by atoms with E-state index in [1.54, 1.807) is 0 Å². The average Bonchev–Trinajstić information content (AvgIpc) is 2.99. The van der Waals surface area contributed by atoms with Crippen LogP contribution in [0.4, 0.5) is 0 Å². The molecule has 9 N–H and O–H groups in total. The zero-order valence-electron chi connectivity index (χ0n) is 22.6. The van der Waals surface area contributed by atoms with Crippen LogP contribution in [0.2, 0.25) is 0 Å². The Balaban J connectivity index is 1.61. The predicted molar refractivity (Wildman–Crippen MR) is 143 cm³/mol. The number of phenolic OH excluding ortho intramolecular Hbond substituents is 2. The Labute approximate surface area is 242 Å². The molecule has 1 aromatic heterocycles. The maximum absolute atomic E-state index is 13.3. The van der Waals surface area contributed by atoms with Crippen molar-refractivity contribution >= 4 is 11.0 Å². The Bertz CT molecular complexity index is 1490. The summed E-state index contributed by atoms with van der Waals surface area (Å²) in [6.45, 7) is -1.55. The molecule has 0 amide bonds. The van der Waals surface area contributed by atoms with Crippen molar-refractivity contribution in [3.05, 3.63) is 52.2 Å². The van der Waals surface area contributed by atoms with Crippen LogP contribution >= 0.6 is 0 Å². The van der Waals surface area contributed by atoms with Gasteiger partial charge in [0.05, 0.1) is 25.9 Å². The van der Waals surface area contributed by atoms with Gasteiger partial charge in [-0.3, -0.25) is 4.79 Å². The number of aliphatic hydroxyl groups excluding tert-OH is 7. The molecule has 2 saturated heterocycles. The summed E-state index contributed by atoms with van der Waals surface area (Å²) in [5.74, 6) is -0.711. The van der Waals surface area contributed by atoms with Gasteiger partial charge in [-0.25, -0.2) is 0 Å². The number of hydrogen-bond donors (Lipinski definition) is 9. The summed E-state index contributed by atoms with van der Waals surface area (Å²) in [6, 6.07) is 8.22. The second kappa shape index (κ2) is 12.3. The third kappa shape index (κ3) is 5.56. The topological polar surface area (TPSA) is 249 Å². The molecule has 0 radical (unpaired) electrons. The summed E-state index contributed by atoms with van der Waals surface area (Å²) in [6.07, 6.45) is -16.9. The van der Waals surface area contributed by atoms with Gasteiger partial charge in [0.25, 0.3) is 0 Å². The molecule has 3 heterocycles. The maximum atomic E-state index is 13.3. The minimum absolute atomic E-state index is 0.00250. The second-order valence-corrected chi connectivity index (χ2v) is 10.3. The van der Waals surface area contributed by atoms with Crippen molar-refractivity contribution in [2.75, 3.05) is 20.3 Å². The molecule has 5 rings (SSSR count). The molecule has 0 saturated carbocycles. The number of phenols is 2. The number of fused-ring (bicyclic) bond motifs is 1. The van der Waals surface area contributed by atoms with Gasteiger partial charge in [0.15, 0.2) is 11.7 Å². The van der Waals surface area contributed by atoms with Crippen LogP contribution in [-0.2, 0) is 14.2 Å². The van der Waals surface area contributed by atoms with E-state index in [1.807, 2.05) is 0 Å². The van der Waals surface area contributed by atoms with Crippen molar-refractivity contribution in [3.63, 3.8) is 0 Å². The van der Waals surface area contributed by atoms with Crippen LogP contribution in [0.15, 0.2) is 45.6 Å². The highest BCUT2D eigenvalue weighted by atomic mass is 16.7. The molecule has 2 aliphatic heterocycles. The van der Waals surface area contributed by atoms with Gasteiger partial charge in [-0.1, -0.05) is 0 Å². The third-order valence-corrected chi connectivity index (χ3v) is 7.66. The van der Waals surface area contributed by atoms with E-state index in [4.69, 9.17) is 23.4 Å². The van der Waals surface area contributed by atoms with E-state index in [1.165, 1.54) is 37.4 Å². The lowest BCUT2D eigenvalue weighted by Crippen LogP contribution is -2.62. The molecular formula is C28H32O15. The van der Waals surface area contributed by atoms with Crippen molar-refractivity contribution in [2.24, 2.45) is 0 Å². The summed E-state index contributed by atoms with van der Waals surface area (Å²) in [7, 11) is 1.23. The summed E-state index contributed by atoms with van der Waals surface area (Å²) < 4.78 is 28.3. The first kappa shape index (κ1) is 31.1. The number of methoxy groups -OCH3 is 1. The molecular weight excluding hydrogens is 576 g/mol. The number of aromatic hydroxyl groups is 2. The van der Waals surface area contributed by atoms with Gasteiger partial charge in [0.2, 0.25) is 0 Å². The third-order valence-electron chi connectivity index (χ3n) is 7.66. The van der Waals surface area contributed by atoms with E-state index >= 15 is 0 Å². The van der Waals surface area contributed by atoms with Crippen LogP contribution in [0.1, 0.15) is 11.7 Å². The van der Waals surface area contributed by atoms with Crippen molar-refractivity contribution in [2.45, 2.75) is 61.2 Å². The molecule has 2 aliphatic rings. The number of benzene rings is 2. The molecule has 15 heteroatoms. The monoisotopic (exact) mass is 608 g/mol. The highest BCUT2D eigenvalue weighted by molar-refractivity contribution is 5.88. The lowest BCUT2D eigenvalue weighted by atomic mass is 9.89. The van der Waals surface area contributed by atoms with E-state index in [0.717, 1.165) is 6.07 Å². The first-order chi connectivity index (χ1) is 20.5. The van der Waals surface area contributed by atoms with E-state index in [9.17, 15) is 50.8 Å². The van der Waals surface area contributed by atoms with Crippen molar-refractivity contribution in [3.8, 4) is 28.6 Å². The van der Waals surface area contributed by atoms with Gasteiger partial charge in [-0.2, -0.15) is 0 Å². The number of hydrogen-bond acceptors (Lipinski definition) is 15. The van der Waals surface area contributed by atoms with Crippen molar-refractivity contribution in [1.29, 1.82) is 0 Å². The lowest BCUT2D eigenvalue weighted by molar-refractivity contribution is -0.342. The fourth-order valence-electron chi connectivity index (χ4n) is 5.32. The SMILES string of the molecule is COc1cc2oc(-c3ccc(O)cc3)cc(=O)c2c(O)c1[C@@H]1O[C@H](CO)[C@@H](O)[C@H](O)[C@H]1OC1O[C@H](CO)[C@@H](O)[C@H](O)[C@H]1O. The van der Waals surface area contributed by atoms with Gasteiger partial charge >= 0.3 is 0 Å². The lowest BCUT2D eigenvalue weighted by Gasteiger charge is -2.46. The molecule has 1 unspecified atom stereocenters. The van der Waals surface area contributed by atoms with Crippen LogP contribution < -0.4 is 10.2 Å². The van der Waals surface area contributed by atoms with Crippen LogP contribution in [0.5, 0.6) is 17.2 Å². The first-order valence-corrected chi connectivity index (χ1v) is 13.3. The second-order valence-electron chi connectivity index (χ2n) is 10.3. The first-order valence-electron chi connectivity index (χ1n) is 13.3. The molecule has 10 atom stereocenters.